The van der Waals surface area contributed by atoms with Gasteiger partial charge in [0.15, 0.2) is 0 Å². The van der Waals surface area contributed by atoms with Crippen molar-refractivity contribution in [2.75, 3.05) is 0 Å². The Balaban J connectivity index is 2.34. The molecule has 2 heterocycles. The monoisotopic (exact) mass is 345 g/mol. The molecular weight excluding hydrogens is 334 g/mol. The number of pyridine rings is 1. The molecule has 1 aromatic carbocycles. The van der Waals surface area contributed by atoms with Crippen molar-refractivity contribution in [1.29, 1.82) is 0 Å². The van der Waals surface area contributed by atoms with Crippen molar-refractivity contribution in [2.24, 2.45) is 7.05 Å². The van der Waals surface area contributed by atoms with E-state index in [1.54, 1.807) is 16.8 Å². The van der Waals surface area contributed by atoms with Crippen molar-refractivity contribution in [1.82, 2.24) is 14.8 Å². The van der Waals surface area contributed by atoms with Crippen LogP contribution in [0.3, 0.4) is 0 Å². The molecule has 0 amide bonds. The van der Waals surface area contributed by atoms with Crippen LogP contribution in [-0.4, -0.2) is 25.8 Å². The van der Waals surface area contributed by atoms with Gasteiger partial charge in [0.05, 0.1) is 22.5 Å². The van der Waals surface area contributed by atoms with Crippen molar-refractivity contribution >= 4 is 32.8 Å². The van der Waals surface area contributed by atoms with Crippen LogP contribution in [0.2, 0.25) is 0 Å². The maximum absolute atomic E-state index is 11.5. The first-order chi connectivity index (χ1) is 9.95. The van der Waals surface area contributed by atoms with Crippen LogP contribution < -0.4 is 0 Å². The number of rotatable bonds is 2. The zero-order chi connectivity index (χ0) is 15.1. The predicted molar refractivity (Wildman–Crippen MR) is 83.3 cm³/mol. The van der Waals surface area contributed by atoms with E-state index in [0.717, 1.165) is 15.7 Å². The van der Waals surface area contributed by atoms with E-state index in [4.69, 9.17) is 0 Å². The Hall–Kier alpha value is -2.21. The summed E-state index contributed by atoms with van der Waals surface area (Å²) in [5, 5.41) is 14.3. The molecule has 0 aliphatic rings. The van der Waals surface area contributed by atoms with Crippen LogP contribution in [0.4, 0.5) is 0 Å². The van der Waals surface area contributed by atoms with Gasteiger partial charge in [-0.05, 0) is 25.1 Å². The third-order valence-electron chi connectivity index (χ3n) is 3.29. The molecule has 0 unspecified atom stereocenters. The maximum Gasteiger partial charge on any atom is 0.336 e. The highest BCUT2D eigenvalue weighted by molar-refractivity contribution is 9.10. The third-order valence-corrected chi connectivity index (χ3v) is 3.78. The largest absolute Gasteiger partial charge is 0.478 e. The van der Waals surface area contributed by atoms with Crippen LogP contribution in [0.25, 0.3) is 22.2 Å². The van der Waals surface area contributed by atoms with E-state index < -0.39 is 5.97 Å². The summed E-state index contributed by atoms with van der Waals surface area (Å²) < 4.78 is 2.55. The summed E-state index contributed by atoms with van der Waals surface area (Å²) in [6.45, 7) is 1.88. The number of benzene rings is 1. The van der Waals surface area contributed by atoms with Gasteiger partial charge >= 0.3 is 5.97 Å². The summed E-state index contributed by atoms with van der Waals surface area (Å²) in [6.07, 6.45) is 1.84. The van der Waals surface area contributed by atoms with E-state index in [0.29, 0.717) is 16.6 Å². The Morgan fingerprint density at radius 3 is 2.71 bits per heavy atom. The van der Waals surface area contributed by atoms with Crippen LogP contribution in [-0.2, 0) is 7.05 Å². The number of fused-ring (bicyclic) bond motifs is 1. The van der Waals surface area contributed by atoms with Crippen molar-refractivity contribution in [3.8, 4) is 11.3 Å². The molecule has 6 heteroatoms. The second-order valence-electron chi connectivity index (χ2n) is 4.82. The zero-order valence-corrected chi connectivity index (χ0v) is 13.0. The van der Waals surface area contributed by atoms with E-state index in [1.807, 2.05) is 32.3 Å². The Labute approximate surface area is 129 Å². The van der Waals surface area contributed by atoms with Gasteiger partial charge in [0.25, 0.3) is 0 Å². The lowest BCUT2D eigenvalue weighted by atomic mass is 10.0. The Kier molecular flexibility index (Phi) is 3.25. The number of carboxylic acids is 1. The lowest BCUT2D eigenvalue weighted by Crippen LogP contribution is -2.00. The fourth-order valence-corrected chi connectivity index (χ4v) is 2.72. The first kappa shape index (κ1) is 13.8. The Morgan fingerprint density at radius 2 is 2.10 bits per heavy atom. The molecule has 0 bridgehead atoms. The van der Waals surface area contributed by atoms with Crippen molar-refractivity contribution in [3.05, 3.63) is 46.2 Å². The van der Waals surface area contributed by atoms with E-state index in [1.165, 1.54) is 0 Å². The molecule has 0 saturated carbocycles. The number of carboxylic acid groups (broad SMARTS) is 1. The van der Waals surface area contributed by atoms with E-state index >= 15 is 0 Å². The molecule has 0 saturated heterocycles. The molecule has 3 aromatic rings. The number of nitrogens with zero attached hydrogens (tertiary/aromatic N) is 3. The normalized spacial score (nSPS) is 11.0. The number of hydrogen-bond acceptors (Lipinski definition) is 3. The summed E-state index contributed by atoms with van der Waals surface area (Å²) in [4.78, 5) is 16.1. The smallest absolute Gasteiger partial charge is 0.336 e. The topological polar surface area (TPSA) is 68.0 Å². The fourth-order valence-electron chi connectivity index (χ4n) is 2.37. The maximum atomic E-state index is 11.5. The summed E-state index contributed by atoms with van der Waals surface area (Å²) in [7, 11) is 1.83. The summed E-state index contributed by atoms with van der Waals surface area (Å²) in [6, 6.07) is 6.99. The highest BCUT2D eigenvalue weighted by Crippen LogP contribution is 2.28. The fraction of sp³-hybridized carbons (Fsp3) is 0.133. The molecule has 21 heavy (non-hydrogen) atoms. The molecule has 0 aliphatic heterocycles. The predicted octanol–water partition coefficient (Wildman–Crippen LogP) is 3.40. The molecule has 106 valence electrons. The average Bonchev–Trinajstić information content (AvgIpc) is 2.75. The number of aromatic nitrogens is 3. The number of aryl methyl sites for hydroxylation is 2. The second kappa shape index (κ2) is 4.96. The zero-order valence-electron chi connectivity index (χ0n) is 11.5. The van der Waals surface area contributed by atoms with Crippen molar-refractivity contribution in [2.45, 2.75) is 6.92 Å². The van der Waals surface area contributed by atoms with Gasteiger partial charge in [-0.15, -0.1) is 0 Å². The van der Waals surface area contributed by atoms with Gasteiger partial charge in [-0.25, -0.2) is 9.78 Å². The number of carbonyl (C=O) groups is 1. The molecule has 3 rings (SSSR count). The molecular formula is C15H12BrN3O2. The molecule has 2 aromatic heterocycles. The van der Waals surface area contributed by atoms with Crippen LogP contribution in [0.1, 0.15) is 16.1 Å². The number of hydrogen-bond donors (Lipinski definition) is 1. The average molecular weight is 346 g/mol. The van der Waals surface area contributed by atoms with Gasteiger partial charge in [-0.2, -0.15) is 5.10 Å². The number of aromatic carboxylic acids is 1. The minimum Gasteiger partial charge on any atom is -0.478 e. The summed E-state index contributed by atoms with van der Waals surface area (Å²) in [5.41, 5.74) is 3.15. The highest BCUT2D eigenvalue weighted by atomic mass is 79.9. The molecule has 5 nitrogen and oxygen atoms in total. The molecule has 0 spiro atoms. The van der Waals surface area contributed by atoms with Crippen LogP contribution >= 0.6 is 15.9 Å². The van der Waals surface area contributed by atoms with Crippen molar-refractivity contribution in [3.63, 3.8) is 0 Å². The van der Waals surface area contributed by atoms with Gasteiger partial charge in [0.1, 0.15) is 0 Å². The number of halogens is 1. The van der Waals surface area contributed by atoms with Crippen LogP contribution in [0.5, 0.6) is 0 Å². The second-order valence-corrected chi connectivity index (χ2v) is 5.74. The molecule has 1 N–H and O–H groups in total. The van der Waals surface area contributed by atoms with E-state index in [2.05, 4.69) is 26.0 Å². The first-order valence-electron chi connectivity index (χ1n) is 6.30. The molecule has 0 atom stereocenters. The lowest BCUT2D eigenvalue weighted by molar-refractivity contribution is 0.0699. The van der Waals surface area contributed by atoms with Gasteiger partial charge < -0.3 is 5.11 Å². The van der Waals surface area contributed by atoms with E-state index in [-0.39, 0.29) is 5.56 Å². The minimum atomic E-state index is -0.965. The molecule has 0 radical (unpaired) electrons. The van der Waals surface area contributed by atoms with Gasteiger partial charge in [-0.3, -0.25) is 4.68 Å². The SMILES string of the molecule is Cc1nn(C)cc1-c1cc(C(=O)O)c2ccc(Br)cc2n1. The summed E-state index contributed by atoms with van der Waals surface area (Å²) >= 11 is 3.39. The molecule has 0 aliphatic carbocycles. The van der Waals surface area contributed by atoms with Crippen molar-refractivity contribution < 1.29 is 9.90 Å². The third kappa shape index (κ3) is 2.42. The quantitative estimate of drug-likeness (QED) is 0.772. The van der Waals surface area contributed by atoms with Gasteiger partial charge in [0, 0.05) is 28.7 Å². The highest BCUT2D eigenvalue weighted by Gasteiger charge is 2.15. The first-order valence-corrected chi connectivity index (χ1v) is 7.09. The van der Waals surface area contributed by atoms with E-state index in [9.17, 15) is 9.90 Å². The Morgan fingerprint density at radius 1 is 1.33 bits per heavy atom. The van der Waals surface area contributed by atoms with Crippen LogP contribution in [0, 0.1) is 6.92 Å². The van der Waals surface area contributed by atoms with Gasteiger partial charge in [0.2, 0.25) is 0 Å². The van der Waals surface area contributed by atoms with Crippen LogP contribution in [0.15, 0.2) is 34.9 Å². The lowest BCUT2D eigenvalue weighted by Gasteiger charge is -2.06. The molecule has 0 fully saturated rings. The minimum absolute atomic E-state index is 0.241. The standard InChI is InChI=1S/C15H12BrN3O2/c1-8-12(7-19(2)18-8)14-6-11(15(20)21)10-4-3-9(16)5-13(10)17-14/h3-7H,1-2H3,(H,20,21). The Bertz CT molecular complexity index is 871. The van der Waals surface area contributed by atoms with Gasteiger partial charge in [-0.1, -0.05) is 22.0 Å². The summed E-state index contributed by atoms with van der Waals surface area (Å²) in [5.74, 6) is -0.965.